The fraction of sp³-hybridized carbons (Fsp3) is 0.778. The predicted molar refractivity (Wildman–Crippen MR) is 99.3 cm³/mol. The number of aliphatic hydroxyl groups is 1. The molecule has 2 atom stereocenters. The van der Waals surface area contributed by atoms with E-state index in [1.807, 2.05) is 19.0 Å². The summed E-state index contributed by atoms with van der Waals surface area (Å²) in [5, 5.41) is 9.86. The van der Waals surface area contributed by atoms with E-state index < -0.39 is 0 Å². The van der Waals surface area contributed by atoms with Gasteiger partial charge in [-0.15, -0.1) is 0 Å². The van der Waals surface area contributed by atoms with Crippen LogP contribution in [0.5, 0.6) is 0 Å². The van der Waals surface area contributed by atoms with Crippen LogP contribution in [0.25, 0.3) is 0 Å². The largest absolute Gasteiger partial charge is 0.396 e. The van der Waals surface area contributed by atoms with Crippen molar-refractivity contribution in [2.45, 2.75) is 13.3 Å². The van der Waals surface area contributed by atoms with Crippen LogP contribution < -0.4 is 9.80 Å². The molecule has 0 spiro atoms. The lowest BCUT2D eigenvalue weighted by molar-refractivity contribution is 0.0268. The molecule has 2 saturated heterocycles. The Kier molecular flexibility index (Phi) is 6.09. The van der Waals surface area contributed by atoms with Gasteiger partial charge in [-0.1, -0.05) is 6.92 Å². The number of nitrogens with zero attached hydrogens (tertiary/aromatic N) is 5. The molecule has 7 heteroatoms. The summed E-state index contributed by atoms with van der Waals surface area (Å²) in [5.74, 6) is 2.50. The Hall–Kier alpha value is -1.44. The number of aryl methyl sites for hydroxylation is 1. The molecule has 0 bridgehead atoms. The summed E-state index contributed by atoms with van der Waals surface area (Å²) < 4.78 is 5.45. The zero-order chi connectivity index (χ0) is 17.8. The first-order valence-corrected chi connectivity index (χ1v) is 9.32. The highest BCUT2D eigenvalue weighted by Gasteiger charge is 2.34. The smallest absolute Gasteiger partial charge is 0.227 e. The van der Waals surface area contributed by atoms with Gasteiger partial charge in [0.05, 0.1) is 13.2 Å². The van der Waals surface area contributed by atoms with Gasteiger partial charge < -0.3 is 19.6 Å². The van der Waals surface area contributed by atoms with Crippen LogP contribution in [0, 0.1) is 11.8 Å². The van der Waals surface area contributed by atoms with Crippen molar-refractivity contribution in [1.29, 1.82) is 0 Å². The third-order valence-electron chi connectivity index (χ3n) is 5.25. The maximum absolute atomic E-state index is 9.86. The summed E-state index contributed by atoms with van der Waals surface area (Å²) in [5.41, 5.74) is 1.06. The highest BCUT2D eigenvalue weighted by Crippen LogP contribution is 2.29. The van der Waals surface area contributed by atoms with Gasteiger partial charge in [0.1, 0.15) is 5.82 Å². The monoisotopic (exact) mass is 349 g/mol. The minimum atomic E-state index is 0.234. The molecule has 1 aromatic heterocycles. The van der Waals surface area contributed by atoms with Crippen molar-refractivity contribution in [3.05, 3.63) is 11.8 Å². The number of hydrogen-bond acceptors (Lipinski definition) is 7. The third kappa shape index (κ3) is 4.40. The van der Waals surface area contributed by atoms with E-state index >= 15 is 0 Å². The molecule has 1 aromatic rings. The summed E-state index contributed by atoms with van der Waals surface area (Å²) in [7, 11) is 3.95. The molecule has 25 heavy (non-hydrogen) atoms. The van der Waals surface area contributed by atoms with Crippen LogP contribution in [0.15, 0.2) is 6.07 Å². The maximum Gasteiger partial charge on any atom is 0.227 e. The first-order valence-electron chi connectivity index (χ1n) is 9.32. The van der Waals surface area contributed by atoms with Gasteiger partial charge in [0.15, 0.2) is 0 Å². The lowest BCUT2D eigenvalue weighted by Crippen LogP contribution is -2.41. The van der Waals surface area contributed by atoms with Crippen LogP contribution in [-0.2, 0) is 11.2 Å². The van der Waals surface area contributed by atoms with Crippen molar-refractivity contribution in [3.8, 4) is 0 Å². The van der Waals surface area contributed by atoms with E-state index in [1.54, 1.807) is 0 Å². The Labute approximate surface area is 150 Å². The van der Waals surface area contributed by atoms with Crippen LogP contribution in [-0.4, -0.2) is 86.6 Å². The van der Waals surface area contributed by atoms with Crippen molar-refractivity contribution >= 4 is 11.8 Å². The van der Waals surface area contributed by atoms with Crippen LogP contribution in [0.3, 0.4) is 0 Å². The van der Waals surface area contributed by atoms with Gasteiger partial charge >= 0.3 is 0 Å². The number of rotatable bonds is 6. The van der Waals surface area contributed by atoms with Gasteiger partial charge in [-0.3, -0.25) is 4.90 Å². The molecule has 2 aliphatic rings. The number of aromatic nitrogens is 2. The minimum absolute atomic E-state index is 0.234. The molecular weight excluding hydrogens is 318 g/mol. The van der Waals surface area contributed by atoms with Crippen LogP contribution >= 0.6 is 0 Å². The minimum Gasteiger partial charge on any atom is -0.396 e. The summed E-state index contributed by atoms with van der Waals surface area (Å²) in [6, 6.07) is 2.10. The molecular formula is C18H31N5O2. The Morgan fingerprint density at radius 3 is 2.56 bits per heavy atom. The SMILES string of the molecule is CCc1cc(N2C[C@@H](CN3CCOCC3)[C@@H](CO)C2)nc(N(C)C)n1. The summed E-state index contributed by atoms with van der Waals surface area (Å²) in [6.07, 6.45) is 0.894. The first-order chi connectivity index (χ1) is 12.1. The fourth-order valence-corrected chi connectivity index (χ4v) is 3.67. The number of ether oxygens (including phenoxy) is 1. The fourth-order valence-electron chi connectivity index (χ4n) is 3.67. The average molecular weight is 349 g/mol. The molecule has 2 aliphatic heterocycles. The van der Waals surface area contributed by atoms with E-state index in [1.165, 1.54) is 0 Å². The maximum atomic E-state index is 9.86. The molecule has 3 rings (SSSR count). The third-order valence-corrected chi connectivity index (χ3v) is 5.25. The van der Waals surface area contributed by atoms with Crippen molar-refractivity contribution in [2.24, 2.45) is 11.8 Å². The second-order valence-corrected chi connectivity index (χ2v) is 7.29. The summed E-state index contributed by atoms with van der Waals surface area (Å²) >= 11 is 0. The molecule has 0 saturated carbocycles. The Balaban J connectivity index is 1.73. The van der Waals surface area contributed by atoms with Gasteiger partial charge in [-0.25, -0.2) is 4.98 Å². The Bertz CT molecular complexity index is 562. The highest BCUT2D eigenvalue weighted by atomic mass is 16.5. The second-order valence-electron chi connectivity index (χ2n) is 7.29. The normalized spacial score (nSPS) is 24.7. The van der Waals surface area contributed by atoms with E-state index in [9.17, 15) is 5.11 Å². The van der Waals surface area contributed by atoms with Gasteiger partial charge in [-0.05, 0) is 12.3 Å². The van der Waals surface area contributed by atoms with Crippen molar-refractivity contribution in [1.82, 2.24) is 14.9 Å². The van der Waals surface area contributed by atoms with Crippen LogP contribution in [0.1, 0.15) is 12.6 Å². The molecule has 140 valence electrons. The number of aliphatic hydroxyl groups excluding tert-OH is 1. The van der Waals surface area contributed by atoms with E-state index in [-0.39, 0.29) is 6.61 Å². The molecule has 0 aromatic carbocycles. The summed E-state index contributed by atoms with van der Waals surface area (Å²) in [6.45, 7) is 8.80. The topological polar surface area (TPSA) is 65.0 Å². The van der Waals surface area contributed by atoms with Gasteiger partial charge in [0, 0.05) is 71.1 Å². The molecule has 0 radical (unpaired) electrons. The molecule has 0 amide bonds. The Morgan fingerprint density at radius 1 is 1.20 bits per heavy atom. The van der Waals surface area contributed by atoms with Crippen molar-refractivity contribution < 1.29 is 9.84 Å². The molecule has 3 heterocycles. The standard InChI is InChI=1S/C18H31N5O2/c1-4-16-9-17(20-18(19-16)21(2)3)23-11-14(15(12-23)13-24)10-22-5-7-25-8-6-22/h9,14-15,24H,4-8,10-13H2,1-3H3/t14-,15-/m1/s1. The first kappa shape index (κ1) is 18.4. The van der Waals surface area contributed by atoms with E-state index in [0.29, 0.717) is 11.8 Å². The van der Waals surface area contributed by atoms with E-state index in [2.05, 4.69) is 27.8 Å². The molecule has 2 fully saturated rings. The van der Waals surface area contributed by atoms with Crippen LogP contribution in [0.2, 0.25) is 0 Å². The summed E-state index contributed by atoms with van der Waals surface area (Å²) in [4.78, 5) is 16.1. The number of anilines is 2. The van der Waals surface area contributed by atoms with Crippen LogP contribution in [0.4, 0.5) is 11.8 Å². The highest BCUT2D eigenvalue weighted by molar-refractivity contribution is 5.46. The lowest BCUT2D eigenvalue weighted by atomic mass is 9.96. The van der Waals surface area contributed by atoms with E-state index in [4.69, 9.17) is 9.72 Å². The van der Waals surface area contributed by atoms with Crippen molar-refractivity contribution in [2.75, 3.05) is 76.4 Å². The van der Waals surface area contributed by atoms with Gasteiger partial charge in [0.2, 0.25) is 5.95 Å². The van der Waals surface area contributed by atoms with E-state index in [0.717, 1.165) is 69.8 Å². The zero-order valence-corrected chi connectivity index (χ0v) is 15.7. The van der Waals surface area contributed by atoms with Gasteiger partial charge in [-0.2, -0.15) is 4.98 Å². The molecule has 0 unspecified atom stereocenters. The molecule has 0 aliphatic carbocycles. The zero-order valence-electron chi connectivity index (χ0n) is 15.7. The average Bonchev–Trinajstić information content (AvgIpc) is 3.05. The quantitative estimate of drug-likeness (QED) is 0.801. The van der Waals surface area contributed by atoms with Crippen molar-refractivity contribution in [3.63, 3.8) is 0 Å². The lowest BCUT2D eigenvalue weighted by Gasteiger charge is -2.30. The van der Waals surface area contributed by atoms with Gasteiger partial charge in [0.25, 0.3) is 0 Å². The Morgan fingerprint density at radius 2 is 1.92 bits per heavy atom. The number of hydrogen-bond donors (Lipinski definition) is 1. The molecule has 1 N–H and O–H groups in total. The second kappa shape index (κ2) is 8.29. The number of morpholine rings is 1. The predicted octanol–water partition coefficient (Wildman–Crippen LogP) is 0.482. The molecule has 7 nitrogen and oxygen atoms in total.